The number of hydrogen-bond donors (Lipinski definition) is 2. The highest BCUT2D eigenvalue weighted by molar-refractivity contribution is 5.50. The van der Waals surface area contributed by atoms with Gasteiger partial charge in [0.15, 0.2) is 0 Å². The molecule has 1 unspecified atom stereocenters. The van der Waals surface area contributed by atoms with Crippen LogP contribution in [0.3, 0.4) is 0 Å². The number of non-ortho nitro benzene ring substituents is 1. The maximum Gasteiger partial charge on any atom is 0.269 e. The number of phenols is 1. The van der Waals surface area contributed by atoms with Crippen molar-refractivity contribution in [1.82, 2.24) is 0 Å². The third-order valence-corrected chi connectivity index (χ3v) is 2.91. The molecule has 2 aromatic carbocycles. The van der Waals surface area contributed by atoms with Crippen LogP contribution in [0, 0.1) is 15.9 Å². The summed E-state index contributed by atoms with van der Waals surface area (Å²) in [7, 11) is 0. The molecule has 20 heavy (non-hydrogen) atoms. The molecule has 5 nitrogen and oxygen atoms in total. The highest BCUT2D eigenvalue weighted by Gasteiger charge is 2.12. The summed E-state index contributed by atoms with van der Waals surface area (Å²) in [5.41, 5.74) is 1.05. The number of hydrogen-bond acceptors (Lipinski definition) is 4. The lowest BCUT2D eigenvalue weighted by Crippen LogP contribution is -2.08. The Morgan fingerprint density at radius 1 is 1.25 bits per heavy atom. The summed E-state index contributed by atoms with van der Waals surface area (Å²) in [4.78, 5) is 10.1. The fourth-order valence-electron chi connectivity index (χ4n) is 1.87. The lowest BCUT2D eigenvalue weighted by Gasteiger charge is -2.16. The van der Waals surface area contributed by atoms with Gasteiger partial charge in [0.05, 0.1) is 11.0 Å². The highest BCUT2D eigenvalue weighted by atomic mass is 19.1. The predicted octanol–water partition coefficient (Wildman–Crippen LogP) is 3.61. The average Bonchev–Trinajstić information content (AvgIpc) is 2.39. The van der Waals surface area contributed by atoms with Gasteiger partial charge in [-0.25, -0.2) is 4.39 Å². The first kappa shape index (κ1) is 13.8. The fraction of sp³-hybridized carbons (Fsp3) is 0.143. The van der Waals surface area contributed by atoms with Crippen LogP contribution in [0.25, 0.3) is 0 Å². The number of aromatic hydroxyl groups is 1. The molecule has 0 aliphatic carbocycles. The van der Waals surface area contributed by atoms with Crippen LogP contribution >= 0.6 is 0 Å². The van der Waals surface area contributed by atoms with E-state index in [1.807, 2.05) is 0 Å². The first-order chi connectivity index (χ1) is 9.47. The summed E-state index contributed by atoms with van der Waals surface area (Å²) in [6, 6.07) is 9.49. The Hall–Kier alpha value is -2.63. The summed E-state index contributed by atoms with van der Waals surface area (Å²) in [5, 5.41) is 22.8. The van der Waals surface area contributed by atoms with Crippen LogP contribution in [0.4, 0.5) is 15.8 Å². The zero-order chi connectivity index (χ0) is 14.7. The molecule has 2 N–H and O–H groups in total. The number of nitro benzene ring substituents is 1. The van der Waals surface area contributed by atoms with Gasteiger partial charge in [-0.3, -0.25) is 10.1 Å². The largest absolute Gasteiger partial charge is 0.508 e. The first-order valence-electron chi connectivity index (χ1n) is 5.97. The van der Waals surface area contributed by atoms with Crippen molar-refractivity contribution >= 4 is 11.4 Å². The Balaban J connectivity index is 2.14. The zero-order valence-electron chi connectivity index (χ0n) is 10.7. The Morgan fingerprint density at radius 2 is 1.90 bits per heavy atom. The molecule has 0 radical (unpaired) electrons. The van der Waals surface area contributed by atoms with Gasteiger partial charge in [-0.1, -0.05) is 6.07 Å². The third-order valence-electron chi connectivity index (χ3n) is 2.91. The number of anilines is 1. The van der Waals surface area contributed by atoms with Crippen LogP contribution < -0.4 is 5.32 Å². The monoisotopic (exact) mass is 276 g/mol. The number of rotatable bonds is 4. The molecule has 0 spiro atoms. The van der Waals surface area contributed by atoms with Crippen LogP contribution in [0.15, 0.2) is 42.5 Å². The predicted molar refractivity (Wildman–Crippen MR) is 73.2 cm³/mol. The standard InChI is InChI=1S/C14H13FN2O3/c1-9(13-7-6-12(18)8-14(13)15)16-10-2-4-11(5-3-10)17(19)20/h2-9,16,18H,1H3. The van der Waals surface area contributed by atoms with Crippen molar-refractivity contribution in [2.45, 2.75) is 13.0 Å². The Bertz CT molecular complexity index is 629. The molecule has 0 aromatic heterocycles. The fourth-order valence-corrected chi connectivity index (χ4v) is 1.87. The van der Waals surface area contributed by atoms with Crippen molar-refractivity contribution in [3.8, 4) is 5.75 Å². The molecule has 0 aliphatic heterocycles. The van der Waals surface area contributed by atoms with Gasteiger partial charge in [0.2, 0.25) is 0 Å². The van der Waals surface area contributed by atoms with E-state index in [1.54, 1.807) is 19.1 Å². The zero-order valence-corrected chi connectivity index (χ0v) is 10.7. The van der Waals surface area contributed by atoms with E-state index in [0.717, 1.165) is 6.07 Å². The minimum atomic E-state index is -0.507. The smallest absolute Gasteiger partial charge is 0.269 e. The summed E-state index contributed by atoms with van der Waals surface area (Å²) in [5.74, 6) is -0.638. The van der Waals surface area contributed by atoms with Gasteiger partial charge >= 0.3 is 0 Å². The molecule has 104 valence electrons. The van der Waals surface area contributed by atoms with Gasteiger partial charge in [0, 0.05) is 29.4 Å². The van der Waals surface area contributed by atoms with Gasteiger partial charge in [-0.15, -0.1) is 0 Å². The minimum Gasteiger partial charge on any atom is -0.508 e. The maximum absolute atomic E-state index is 13.7. The number of nitro groups is 1. The van der Waals surface area contributed by atoms with Gasteiger partial charge in [-0.05, 0) is 25.1 Å². The first-order valence-corrected chi connectivity index (χ1v) is 5.97. The quantitative estimate of drug-likeness (QED) is 0.660. The summed E-state index contributed by atoms with van der Waals surface area (Å²) >= 11 is 0. The average molecular weight is 276 g/mol. The van der Waals surface area contributed by atoms with Gasteiger partial charge in [-0.2, -0.15) is 0 Å². The van der Waals surface area contributed by atoms with E-state index in [4.69, 9.17) is 5.11 Å². The lowest BCUT2D eigenvalue weighted by atomic mass is 10.1. The maximum atomic E-state index is 13.7. The molecule has 0 bridgehead atoms. The Kier molecular flexibility index (Phi) is 3.84. The van der Waals surface area contributed by atoms with Crippen LogP contribution in [0.2, 0.25) is 0 Å². The second kappa shape index (κ2) is 5.56. The Morgan fingerprint density at radius 3 is 2.45 bits per heavy atom. The number of halogens is 1. The lowest BCUT2D eigenvalue weighted by molar-refractivity contribution is -0.384. The number of nitrogens with one attached hydrogen (secondary N) is 1. The van der Waals surface area contributed by atoms with E-state index < -0.39 is 10.7 Å². The van der Waals surface area contributed by atoms with Crippen LogP contribution in [-0.4, -0.2) is 10.0 Å². The molecule has 0 saturated carbocycles. The minimum absolute atomic E-state index is 0.000910. The van der Waals surface area contributed by atoms with Gasteiger partial charge in [0.1, 0.15) is 11.6 Å². The molecule has 6 heteroatoms. The molecule has 2 rings (SSSR count). The third kappa shape index (κ3) is 3.03. The van der Waals surface area contributed by atoms with E-state index in [1.165, 1.54) is 24.3 Å². The molecule has 0 amide bonds. The van der Waals surface area contributed by atoms with E-state index in [-0.39, 0.29) is 17.5 Å². The molecular weight excluding hydrogens is 263 g/mol. The molecule has 2 aromatic rings. The second-order valence-electron chi connectivity index (χ2n) is 4.38. The Labute approximate surface area is 114 Å². The van der Waals surface area contributed by atoms with Crippen LogP contribution in [0.5, 0.6) is 5.75 Å². The van der Waals surface area contributed by atoms with Crippen LogP contribution in [0.1, 0.15) is 18.5 Å². The molecule has 0 aliphatic rings. The summed E-state index contributed by atoms with van der Waals surface area (Å²) in [6.45, 7) is 1.76. The second-order valence-corrected chi connectivity index (χ2v) is 4.38. The van der Waals surface area contributed by atoms with Crippen molar-refractivity contribution in [3.05, 3.63) is 64.0 Å². The van der Waals surface area contributed by atoms with Crippen molar-refractivity contribution in [2.24, 2.45) is 0 Å². The molecule has 1 atom stereocenters. The summed E-state index contributed by atoms with van der Waals surface area (Å²) in [6.07, 6.45) is 0. The molecule has 0 saturated heterocycles. The van der Waals surface area contributed by atoms with Crippen molar-refractivity contribution < 1.29 is 14.4 Å². The molecular formula is C14H13FN2O3. The van der Waals surface area contributed by atoms with E-state index in [2.05, 4.69) is 5.32 Å². The van der Waals surface area contributed by atoms with Crippen molar-refractivity contribution in [2.75, 3.05) is 5.32 Å². The van der Waals surface area contributed by atoms with E-state index in [0.29, 0.717) is 11.3 Å². The normalized spacial score (nSPS) is 11.9. The van der Waals surface area contributed by atoms with Crippen molar-refractivity contribution in [1.29, 1.82) is 0 Å². The summed E-state index contributed by atoms with van der Waals surface area (Å²) < 4.78 is 13.7. The van der Waals surface area contributed by atoms with Crippen LogP contribution in [-0.2, 0) is 0 Å². The van der Waals surface area contributed by atoms with Crippen molar-refractivity contribution in [3.63, 3.8) is 0 Å². The van der Waals surface area contributed by atoms with Gasteiger partial charge in [0.25, 0.3) is 5.69 Å². The number of phenolic OH excluding ortho intramolecular Hbond substituents is 1. The molecule has 0 fully saturated rings. The van der Waals surface area contributed by atoms with E-state index >= 15 is 0 Å². The highest BCUT2D eigenvalue weighted by Crippen LogP contribution is 2.25. The van der Waals surface area contributed by atoms with Gasteiger partial charge < -0.3 is 10.4 Å². The number of nitrogens with zero attached hydrogens (tertiary/aromatic N) is 1. The topological polar surface area (TPSA) is 75.4 Å². The number of benzene rings is 2. The SMILES string of the molecule is CC(Nc1ccc([N+](=O)[O-])cc1)c1ccc(O)cc1F. The van der Waals surface area contributed by atoms with E-state index in [9.17, 15) is 14.5 Å². The molecule has 0 heterocycles.